The lowest BCUT2D eigenvalue weighted by atomic mass is 9.90. The molecule has 0 bridgehead atoms. The van der Waals surface area contributed by atoms with Gasteiger partial charge in [-0.15, -0.1) is 0 Å². The SMILES string of the molecule is CCS(=S)COC1C[C@H](n2cc(C#CCNC(=O)OCCCCOCSSC(C)(C)CCOC(=O)NCCOCCOCCNC(=O)c3ccc(C)c(-c4c5ccc(=N)cc-5oc5cc(N)ccc45)c3)c(N)nc2=O)O[C@@H]1COP(=O)(O)OP(=O)(O)OP(=O)(O)O. The van der Waals surface area contributed by atoms with E-state index < -0.39 is 75.8 Å². The van der Waals surface area contributed by atoms with E-state index in [4.69, 9.17) is 80.0 Å². The number of amides is 3. The van der Waals surface area contributed by atoms with Gasteiger partial charge in [-0.1, -0.05) is 55.9 Å². The molecule has 0 radical (unpaired) electrons. The average molecular weight is 1410 g/mol. The largest absolute Gasteiger partial charge is 0.490 e. The number of nitrogens with two attached hydrogens (primary N) is 2. The van der Waals surface area contributed by atoms with Gasteiger partial charge in [0.25, 0.3) is 5.91 Å². The van der Waals surface area contributed by atoms with Crippen molar-refractivity contribution in [1.82, 2.24) is 25.5 Å². The molecule has 6 rings (SSSR count). The Morgan fingerprint density at radius 2 is 1.59 bits per heavy atom. The molecule has 1 fully saturated rings. The Labute approximate surface area is 538 Å². The number of carbonyl (C=O) groups excluding carboxylic acids is 3. The molecule has 1 aliphatic carbocycles. The molecular formula is C54H73N8O22P3S4. The number of rotatable bonds is 36. The lowest BCUT2D eigenvalue weighted by Gasteiger charge is -2.22. The maximum atomic E-state index is 13.2. The zero-order chi connectivity index (χ0) is 66.4. The van der Waals surface area contributed by atoms with Crippen molar-refractivity contribution in [1.29, 1.82) is 5.41 Å². The third-order valence-corrected chi connectivity index (χ3v) is 21.6. The first-order valence-corrected chi connectivity index (χ1v) is 37.3. The first-order valence-electron chi connectivity index (χ1n) is 27.9. The molecule has 0 saturated carbocycles. The molecule has 3 heterocycles. The van der Waals surface area contributed by atoms with Gasteiger partial charge in [-0.2, -0.15) is 13.6 Å². The van der Waals surface area contributed by atoms with Crippen molar-refractivity contribution in [3.63, 3.8) is 0 Å². The van der Waals surface area contributed by atoms with Crippen LogP contribution in [0.25, 0.3) is 33.4 Å². The normalized spacial score (nSPS) is 16.7. The van der Waals surface area contributed by atoms with E-state index in [9.17, 15) is 42.7 Å². The number of aromatic nitrogens is 2. The quantitative estimate of drug-likeness (QED) is 0.00396. The summed E-state index contributed by atoms with van der Waals surface area (Å²) in [7, 11) is -14.5. The Kier molecular flexibility index (Phi) is 29.4. The van der Waals surface area contributed by atoms with Crippen LogP contribution in [-0.4, -0.2) is 154 Å². The van der Waals surface area contributed by atoms with Crippen molar-refractivity contribution in [2.24, 2.45) is 0 Å². The zero-order valence-corrected chi connectivity index (χ0v) is 55.8. The van der Waals surface area contributed by atoms with Gasteiger partial charge in [-0.25, -0.2) is 28.1 Å². The monoisotopic (exact) mass is 1410 g/mol. The van der Waals surface area contributed by atoms with Crippen molar-refractivity contribution in [3.8, 4) is 34.3 Å². The summed E-state index contributed by atoms with van der Waals surface area (Å²) in [4.78, 5) is 91.6. The number of benzene rings is 3. The van der Waals surface area contributed by atoms with Gasteiger partial charge in [-0.05, 0) is 104 Å². The van der Waals surface area contributed by atoms with E-state index in [2.05, 4.69) is 41.4 Å². The number of fused-ring (bicyclic) bond motifs is 2. The molecule has 500 valence electrons. The summed E-state index contributed by atoms with van der Waals surface area (Å²) in [6.45, 7) is 9.17. The smallest absolute Gasteiger partial charge is 0.456 e. The molecule has 0 spiro atoms. The Morgan fingerprint density at radius 3 is 2.33 bits per heavy atom. The van der Waals surface area contributed by atoms with E-state index in [1.54, 1.807) is 41.1 Å². The molecule has 37 heteroatoms. The van der Waals surface area contributed by atoms with Crippen molar-refractivity contribution < 1.29 is 98.4 Å². The second-order valence-electron chi connectivity index (χ2n) is 20.3. The lowest BCUT2D eigenvalue weighted by molar-refractivity contribution is -0.0544. The molecule has 30 nitrogen and oxygen atoms in total. The molecule has 3 aliphatic rings. The fourth-order valence-electron chi connectivity index (χ4n) is 8.35. The van der Waals surface area contributed by atoms with E-state index in [-0.39, 0.29) is 93.7 Å². The summed E-state index contributed by atoms with van der Waals surface area (Å²) in [5.74, 6) is 6.47. The number of anilines is 2. The maximum Gasteiger partial charge on any atom is 0.490 e. The Hall–Kier alpha value is -5.34. The van der Waals surface area contributed by atoms with E-state index in [1.807, 2.05) is 52.0 Å². The van der Waals surface area contributed by atoms with Crippen LogP contribution in [0.4, 0.5) is 21.1 Å². The highest BCUT2D eigenvalue weighted by Crippen LogP contribution is 2.66. The molecule has 91 heavy (non-hydrogen) atoms. The van der Waals surface area contributed by atoms with E-state index in [0.717, 1.165) is 32.2 Å². The van der Waals surface area contributed by atoms with Crippen LogP contribution in [0.15, 0.2) is 70.0 Å². The average Bonchev–Trinajstić information content (AvgIpc) is 1.13. The number of carbonyl (C=O) groups is 3. The van der Waals surface area contributed by atoms with Crippen LogP contribution in [-0.2, 0) is 80.6 Å². The van der Waals surface area contributed by atoms with Gasteiger partial charge in [-0.3, -0.25) is 13.9 Å². The van der Waals surface area contributed by atoms with E-state index in [1.165, 1.54) is 17.0 Å². The third-order valence-electron chi connectivity index (χ3n) is 12.8. The summed E-state index contributed by atoms with van der Waals surface area (Å²) in [5, 5.41) is 17.3. The number of hydrogen-bond donors (Lipinski definition) is 10. The standard InChI is InChI=1S/C54H73N8O22P3S4/c1-5-91(88)34-79-45-30-47(82-46(45)32-80-86(70,71)84-87(72,73)83-85(67,68)69)62-31-37(49(57)61-51(62)64)9-8-17-59-52(65)77-21-7-6-20-76-33-89-90-54(3,4)16-22-78-53(66)60-19-24-75-26-25-74-23-18-58-50(63)36-11-10-35(2)42(27-36)48-40-14-12-38(55)28-43(40)81-44-29-39(56)13-15-41(44)48/h10-15,27-29,31,45-47,55H,5-7,16-26,30,32-34,56H2,1-4H3,(H,58,63)(H,59,65)(H,60,66)(H,70,71)(H,72,73)(H2,57,61,64)(H2,67,68,69)/t45?,46-,47-,91?/m1/s1. The number of alkyl carbamates (subject to hydrolysis) is 2. The molecule has 4 unspecified atom stereocenters. The van der Waals surface area contributed by atoms with E-state index in [0.29, 0.717) is 65.5 Å². The van der Waals surface area contributed by atoms with Crippen molar-refractivity contribution >= 4 is 106 Å². The predicted molar refractivity (Wildman–Crippen MR) is 343 cm³/mol. The van der Waals surface area contributed by atoms with Gasteiger partial charge >= 0.3 is 41.3 Å². The minimum absolute atomic E-state index is 0.0474. The van der Waals surface area contributed by atoms with Crippen molar-refractivity contribution in [2.75, 3.05) is 102 Å². The fourth-order valence-corrected chi connectivity index (χ4v) is 14.3. The van der Waals surface area contributed by atoms with Gasteiger partial charge in [0.2, 0.25) is 0 Å². The number of nitrogens with zero attached hydrogens (tertiary/aromatic N) is 2. The minimum Gasteiger partial charge on any atom is -0.456 e. The molecule has 1 aromatic heterocycles. The van der Waals surface area contributed by atoms with Gasteiger partial charge < -0.3 is 90.0 Å². The summed E-state index contributed by atoms with van der Waals surface area (Å²) >= 11 is 5.33. The van der Waals surface area contributed by atoms with Crippen LogP contribution in [0.1, 0.15) is 74.2 Å². The van der Waals surface area contributed by atoms with E-state index >= 15 is 0 Å². The van der Waals surface area contributed by atoms with Gasteiger partial charge in [0.05, 0.1) is 75.8 Å². The van der Waals surface area contributed by atoms with Gasteiger partial charge in [0, 0.05) is 77.0 Å². The molecule has 3 amide bonds. The molecule has 2 aromatic carbocycles. The highest BCUT2D eigenvalue weighted by molar-refractivity contribution is 8.77. The first-order chi connectivity index (χ1) is 43.1. The third kappa shape index (κ3) is 25.5. The number of phosphoric ester groups is 1. The van der Waals surface area contributed by atoms with Gasteiger partial charge in [0.1, 0.15) is 35.4 Å². The lowest BCUT2D eigenvalue weighted by Crippen LogP contribution is -2.30. The summed E-state index contributed by atoms with van der Waals surface area (Å²) in [6, 6.07) is 16.2. The highest BCUT2D eigenvalue weighted by Gasteiger charge is 2.44. The number of nitrogens with one attached hydrogen (secondary N) is 4. The number of phosphoric acid groups is 3. The van der Waals surface area contributed by atoms with Crippen molar-refractivity contribution in [2.45, 2.75) is 76.6 Å². The van der Waals surface area contributed by atoms with Crippen LogP contribution in [0, 0.1) is 24.2 Å². The Balaban J connectivity index is 0.771. The van der Waals surface area contributed by atoms with Crippen LogP contribution in [0.2, 0.25) is 0 Å². The first kappa shape index (κ1) is 74.7. The van der Waals surface area contributed by atoms with Gasteiger partial charge in [0.15, 0.2) is 0 Å². The summed E-state index contributed by atoms with van der Waals surface area (Å²) in [5.41, 5.74) is 16.3. The molecule has 2 aliphatic heterocycles. The number of hydrogen-bond acceptors (Lipinski definition) is 25. The maximum absolute atomic E-state index is 13.2. The Morgan fingerprint density at radius 1 is 0.879 bits per heavy atom. The molecule has 3 aromatic rings. The summed E-state index contributed by atoms with van der Waals surface area (Å²) < 4.78 is 93.6. The van der Waals surface area contributed by atoms with Crippen LogP contribution >= 0.6 is 45.1 Å². The second-order valence-corrected chi connectivity index (χ2v) is 30.8. The molecular weight excluding hydrogens is 1330 g/mol. The zero-order valence-electron chi connectivity index (χ0n) is 49.9. The number of nitrogen functional groups attached to an aromatic ring is 2. The van der Waals surface area contributed by atoms with Crippen LogP contribution in [0.5, 0.6) is 0 Å². The Bertz CT molecular complexity index is 3640. The second kappa shape index (κ2) is 35.8. The number of aryl methyl sites for hydroxylation is 1. The van der Waals surface area contributed by atoms with Crippen LogP contribution in [0.3, 0.4) is 0 Å². The minimum atomic E-state index is -5.79. The molecule has 1 saturated heterocycles. The topological polar surface area (TPSA) is 436 Å². The molecule has 12 N–H and O–H groups in total. The molecule has 6 atom stereocenters. The van der Waals surface area contributed by atoms with Crippen molar-refractivity contribution in [3.05, 3.63) is 93.3 Å². The number of unbranched alkanes of at least 4 members (excludes halogenated alkanes) is 1. The number of ether oxygens (including phenoxy) is 7. The summed E-state index contributed by atoms with van der Waals surface area (Å²) in [6.07, 6.45) is -1.71. The fraction of sp³-hybridized carbons (Fsp3) is 0.481. The van der Waals surface area contributed by atoms with Crippen LogP contribution < -0.4 is 38.5 Å². The predicted octanol–water partition coefficient (Wildman–Crippen LogP) is 6.36. The highest BCUT2D eigenvalue weighted by atomic mass is 33.1.